The third-order valence-corrected chi connectivity index (χ3v) is 7.78. The average Bonchev–Trinajstić information content (AvgIpc) is 3.40. The second-order valence-corrected chi connectivity index (χ2v) is 11.1. The summed E-state index contributed by atoms with van der Waals surface area (Å²) in [4.78, 5) is 27.3. The number of nitrogens with one attached hydrogen (secondary N) is 1. The molecule has 8 nitrogen and oxygen atoms in total. The lowest BCUT2D eigenvalue weighted by Gasteiger charge is -2.24. The van der Waals surface area contributed by atoms with Crippen LogP contribution in [-0.2, 0) is 10.0 Å². The number of carbonyl (C=O) groups excluding carboxylic acids is 2. The summed E-state index contributed by atoms with van der Waals surface area (Å²) in [5.41, 5.74) is 0.924. The van der Waals surface area contributed by atoms with E-state index in [-0.39, 0.29) is 29.2 Å². The molecule has 1 heterocycles. The number of likely N-dealkylation sites (tertiary alicyclic amines) is 1. The first kappa shape index (κ1) is 26.7. The molecule has 1 fully saturated rings. The van der Waals surface area contributed by atoms with E-state index >= 15 is 0 Å². The summed E-state index contributed by atoms with van der Waals surface area (Å²) in [5.74, 6) is 0.404. The molecule has 0 radical (unpaired) electrons. The molecule has 1 N–H and O–H groups in total. The zero-order valence-electron chi connectivity index (χ0n) is 20.7. The van der Waals surface area contributed by atoms with Crippen LogP contribution in [0.1, 0.15) is 53.8 Å². The number of amides is 2. The van der Waals surface area contributed by atoms with Gasteiger partial charge in [-0.2, -0.15) is 4.31 Å². The molecule has 9 heteroatoms. The minimum absolute atomic E-state index is 0.0507. The van der Waals surface area contributed by atoms with Crippen molar-refractivity contribution in [3.63, 3.8) is 0 Å². The molecule has 0 saturated carbocycles. The predicted molar refractivity (Wildman–Crippen MR) is 135 cm³/mol. The molecule has 2 aromatic carbocycles. The van der Waals surface area contributed by atoms with E-state index < -0.39 is 10.0 Å². The molecule has 35 heavy (non-hydrogen) atoms. The Labute approximate surface area is 208 Å². The summed E-state index contributed by atoms with van der Waals surface area (Å²) in [6, 6.07) is 13.1. The summed E-state index contributed by atoms with van der Waals surface area (Å²) < 4.78 is 33.0. The van der Waals surface area contributed by atoms with Gasteiger partial charge in [0, 0.05) is 43.9 Å². The second-order valence-electron chi connectivity index (χ2n) is 9.12. The smallest absolute Gasteiger partial charge is 0.253 e. The van der Waals surface area contributed by atoms with Gasteiger partial charge >= 0.3 is 0 Å². The van der Waals surface area contributed by atoms with Crippen LogP contribution in [0.3, 0.4) is 0 Å². The number of hydrogen-bond donors (Lipinski definition) is 1. The normalized spacial score (nSPS) is 13.9. The van der Waals surface area contributed by atoms with Crippen LogP contribution in [0.25, 0.3) is 0 Å². The van der Waals surface area contributed by atoms with Crippen LogP contribution in [0, 0.1) is 5.92 Å². The molecule has 1 aliphatic heterocycles. The van der Waals surface area contributed by atoms with E-state index in [0.29, 0.717) is 36.4 Å². The van der Waals surface area contributed by atoms with Crippen molar-refractivity contribution in [3.05, 3.63) is 59.7 Å². The molecular formula is C26H35N3O5S. The van der Waals surface area contributed by atoms with Crippen LogP contribution in [-0.4, -0.2) is 69.3 Å². The number of ether oxygens (including phenoxy) is 1. The van der Waals surface area contributed by atoms with Gasteiger partial charge < -0.3 is 15.0 Å². The summed E-state index contributed by atoms with van der Waals surface area (Å²) in [6.45, 7) is 6.41. The van der Waals surface area contributed by atoms with Gasteiger partial charge in [0.25, 0.3) is 11.8 Å². The summed E-state index contributed by atoms with van der Waals surface area (Å²) in [6.07, 6.45) is 2.47. The standard InChI is InChI=1S/C26H35N3O5S/c1-20(2)19-29(35(32,33)24-12-10-23(34-3)11-13-24)17-7-14-27-25(30)21-8-6-9-22(18-21)26(31)28-15-4-5-16-28/h6,8-13,18,20H,4-5,7,14-17,19H2,1-3H3,(H,27,30). The van der Waals surface area contributed by atoms with E-state index in [0.717, 1.165) is 25.9 Å². The van der Waals surface area contributed by atoms with Crippen molar-refractivity contribution in [3.8, 4) is 5.75 Å². The van der Waals surface area contributed by atoms with E-state index in [9.17, 15) is 18.0 Å². The van der Waals surface area contributed by atoms with Crippen molar-refractivity contribution in [1.29, 1.82) is 0 Å². The molecule has 0 aromatic heterocycles. The molecule has 0 aliphatic carbocycles. The summed E-state index contributed by atoms with van der Waals surface area (Å²) >= 11 is 0. The first-order valence-corrected chi connectivity index (χ1v) is 13.5. The maximum Gasteiger partial charge on any atom is 0.253 e. The fraction of sp³-hybridized carbons (Fsp3) is 0.462. The molecule has 190 valence electrons. The molecule has 2 aromatic rings. The van der Waals surface area contributed by atoms with Gasteiger partial charge in [-0.15, -0.1) is 0 Å². The van der Waals surface area contributed by atoms with Crippen molar-refractivity contribution in [1.82, 2.24) is 14.5 Å². The average molecular weight is 502 g/mol. The van der Waals surface area contributed by atoms with Gasteiger partial charge in [-0.1, -0.05) is 19.9 Å². The Morgan fingerprint density at radius 1 is 1.06 bits per heavy atom. The predicted octanol–water partition coefficient (Wildman–Crippen LogP) is 3.40. The number of sulfonamides is 1. The molecule has 1 aliphatic rings. The van der Waals surface area contributed by atoms with E-state index in [1.807, 2.05) is 18.7 Å². The van der Waals surface area contributed by atoms with Crippen molar-refractivity contribution >= 4 is 21.8 Å². The highest BCUT2D eigenvalue weighted by atomic mass is 32.2. The van der Waals surface area contributed by atoms with Crippen LogP contribution in [0.4, 0.5) is 0 Å². The van der Waals surface area contributed by atoms with Crippen molar-refractivity contribution < 1.29 is 22.7 Å². The Kier molecular flexibility index (Phi) is 9.28. The SMILES string of the molecule is COc1ccc(S(=O)(=O)N(CCCNC(=O)c2cccc(C(=O)N3CCCC3)c2)CC(C)C)cc1. The van der Waals surface area contributed by atoms with Gasteiger partial charge in [0.1, 0.15) is 5.75 Å². The van der Waals surface area contributed by atoms with Gasteiger partial charge in [0.05, 0.1) is 12.0 Å². The Morgan fingerprint density at radius 2 is 1.71 bits per heavy atom. The quantitative estimate of drug-likeness (QED) is 0.476. The van der Waals surface area contributed by atoms with Gasteiger partial charge in [-0.3, -0.25) is 9.59 Å². The lowest BCUT2D eigenvalue weighted by molar-refractivity contribution is 0.0793. The van der Waals surface area contributed by atoms with Crippen LogP contribution < -0.4 is 10.1 Å². The molecule has 1 saturated heterocycles. The zero-order chi connectivity index (χ0) is 25.4. The highest BCUT2D eigenvalue weighted by Gasteiger charge is 2.25. The molecule has 0 spiro atoms. The minimum atomic E-state index is -3.67. The molecule has 3 rings (SSSR count). The van der Waals surface area contributed by atoms with Crippen LogP contribution in [0.2, 0.25) is 0 Å². The fourth-order valence-electron chi connectivity index (χ4n) is 4.07. The molecule has 0 unspecified atom stereocenters. The second kappa shape index (κ2) is 12.2. The van der Waals surface area contributed by atoms with Crippen molar-refractivity contribution in [2.45, 2.75) is 38.0 Å². The van der Waals surface area contributed by atoms with Crippen LogP contribution in [0.5, 0.6) is 5.75 Å². The number of methoxy groups -OCH3 is 1. The lowest BCUT2D eigenvalue weighted by atomic mass is 10.1. The monoisotopic (exact) mass is 501 g/mol. The largest absolute Gasteiger partial charge is 0.497 e. The Morgan fingerprint density at radius 3 is 2.34 bits per heavy atom. The minimum Gasteiger partial charge on any atom is -0.497 e. The number of benzene rings is 2. The third kappa shape index (κ3) is 7.05. The van der Waals surface area contributed by atoms with Crippen molar-refractivity contribution in [2.24, 2.45) is 5.92 Å². The number of nitrogens with zero attached hydrogens (tertiary/aromatic N) is 2. The number of carbonyl (C=O) groups is 2. The Bertz CT molecular complexity index is 1110. The van der Waals surface area contributed by atoms with E-state index in [1.54, 1.807) is 48.5 Å². The number of hydrogen-bond acceptors (Lipinski definition) is 5. The van der Waals surface area contributed by atoms with E-state index in [4.69, 9.17) is 4.74 Å². The zero-order valence-corrected chi connectivity index (χ0v) is 21.5. The van der Waals surface area contributed by atoms with Crippen LogP contribution in [0.15, 0.2) is 53.4 Å². The number of rotatable bonds is 11. The maximum absolute atomic E-state index is 13.2. The van der Waals surface area contributed by atoms with Gasteiger partial charge in [-0.05, 0) is 67.6 Å². The Hall–Kier alpha value is -2.91. The molecule has 0 bridgehead atoms. The Balaban J connectivity index is 1.58. The third-order valence-electron chi connectivity index (χ3n) is 5.90. The van der Waals surface area contributed by atoms with Gasteiger partial charge in [0.15, 0.2) is 0 Å². The first-order valence-electron chi connectivity index (χ1n) is 12.0. The lowest BCUT2D eigenvalue weighted by Crippen LogP contribution is -2.37. The van der Waals surface area contributed by atoms with Gasteiger partial charge in [-0.25, -0.2) is 8.42 Å². The molecule has 2 amide bonds. The highest BCUT2D eigenvalue weighted by molar-refractivity contribution is 7.89. The van der Waals surface area contributed by atoms with Crippen molar-refractivity contribution in [2.75, 3.05) is 39.8 Å². The molecular weight excluding hydrogens is 466 g/mol. The summed E-state index contributed by atoms with van der Waals surface area (Å²) in [7, 11) is -2.14. The van der Waals surface area contributed by atoms with Crippen LogP contribution >= 0.6 is 0 Å². The molecule has 0 atom stereocenters. The topological polar surface area (TPSA) is 96.0 Å². The van der Waals surface area contributed by atoms with E-state index in [1.165, 1.54) is 11.4 Å². The van der Waals surface area contributed by atoms with E-state index in [2.05, 4.69) is 5.32 Å². The highest BCUT2D eigenvalue weighted by Crippen LogP contribution is 2.21. The van der Waals surface area contributed by atoms with Gasteiger partial charge in [0.2, 0.25) is 10.0 Å². The first-order chi connectivity index (χ1) is 16.7. The maximum atomic E-state index is 13.2. The summed E-state index contributed by atoms with van der Waals surface area (Å²) in [5, 5.41) is 2.85. The fourth-order valence-corrected chi connectivity index (χ4v) is 5.71.